The van der Waals surface area contributed by atoms with Crippen molar-refractivity contribution in [3.05, 3.63) is 47.5 Å². The van der Waals surface area contributed by atoms with E-state index in [2.05, 4.69) is 10.5 Å². The molecule has 0 aliphatic carbocycles. The maximum Gasteiger partial charge on any atom is 0.161 e. The number of phenolic OH excluding ortho intramolecular Hbond substituents is 2. The first kappa shape index (κ1) is 19.8. The van der Waals surface area contributed by atoms with Gasteiger partial charge in [-0.3, -0.25) is 4.79 Å². The largest absolute Gasteiger partial charge is 0.504 e. The fourth-order valence-electron chi connectivity index (χ4n) is 1.75. The lowest BCUT2D eigenvalue weighted by molar-refractivity contribution is 0.112. The summed E-state index contributed by atoms with van der Waals surface area (Å²) in [5, 5.41) is 22.4. The second-order valence-corrected chi connectivity index (χ2v) is 4.75. The van der Waals surface area contributed by atoms with Crippen molar-refractivity contribution in [1.29, 1.82) is 0 Å². The number of carbonyl (C=O) groups is 1. The van der Waals surface area contributed by atoms with E-state index in [0.717, 1.165) is 12.1 Å². The van der Waals surface area contributed by atoms with Crippen molar-refractivity contribution in [2.45, 2.75) is 6.92 Å². The average molecular weight is 346 g/mol. The summed E-state index contributed by atoms with van der Waals surface area (Å²) in [5.74, 6) is 0.936. The number of rotatable bonds is 6. The van der Waals surface area contributed by atoms with Gasteiger partial charge < -0.3 is 25.1 Å². The third-order valence-corrected chi connectivity index (χ3v) is 3.01. The van der Waals surface area contributed by atoms with Crippen LogP contribution in [0.5, 0.6) is 23.0 Å². The summed E-state index contributed by atoms with van der Waals surface area (Å²) in [6, 6.07) is 9.47. The van der Waals surface area contributed by atoms with Gasteiger partial charge in [-0.25, -0.2) is 0 Å². The van der Waals surface area contributed by atoms with Crippen molar-refractivity contribution < 1.29 is 24.5 Å². The maximum atomic E-state index is 10.2. The summed E-state index contributed by atoms with van der Waals surface area (Å²) < 4.78 is 9.74. The van der Waals surface area contributed by atoms with E-state index < -0.39 is 0 Å². The molecule has 0 aromatic heterocycles. The standard InChI is InChI=1S/C10H14N2O2.C8H8O3/c1-3-11-12-7-8-4-5-9(13)10(6-8)14-2;1-11-8-4-6(5-9)2-3-7(8)10/h4-7,11,13H,3H2,1-2H3;2-5,10H,1H3/b12-7+;. The maximum absolute atomic E-state index is 10.2. The van der Waals surface area contributed by atoms with Crippen LogP contribution in [-0.4, -0.2) is 43.5 Å². The van der Waals surface area contributed by atoms with Gasteiger partial charge in [-0.1, -0.05) is 0 Å². The molecule has 0 spiro atoms. The molecule has 2 aromatic rings. The second-order valence-electron chi connectivity index (χ2n) is 4.75. The number of ether oxygens (including phenoxy) is 2. The van der Waals surface area contributed by atoms with Crippen molar-refractivity contribution in [3.63, 3.8) is 0 Å². The van der Waals surface area contributed by atoms with Crippen LogP contribution >= 0.6 is 0 Å². The highest BCUT2D eigenvalue weighted by Crippen LogP contribution is 2.26. The lowest BCUT2D eigenvalue weighted by Gasteiger charge is -2.03. The van der Waals surface area contributed by atoms with Crippen LogP contribution in [0.25, 0.3) is 0 Å². The zero-order chi connectivity index (χ0) is 18.7. The topological polar surface area (TPSA) is 100 Å². The lowest BCUT2D eigenvalue weighted by atomic mass is 10.2. The first-order chi connectivity index (χ1) is 12.0. The number of hydrogen-bond donors (Lipinski definition) is 3. The van der Waals surface area contributed by atoms with Gasteiger partial charge in [0.1, 0.15) is 6.29 Å². The molecule has 0 aliphatic rings. The summed E-state index contributed by atoms with van der Waals surface area (Å²) in [5.41, 5.74) is 4.18. The number of carbonyl (C=O) groups excluding carboxylic acids is 1. The van der Waals surface area contributed by atoms with Gasteiger partial charge in [0.05, 0.1) is 20.4 Å². The third kappa shape index (κ3) is 6.42. The molecule has 2 aromatic carbocycles. The van der Waals surface area contributed by atoms with Gasteiger partial charge in [-0.2, -0.15) is 5.10 Å². The Morgan fingerprint density at radius 2 is 1.52 bits per heavy atom. The van der Waals surface area contributed by atoms with Crippen LogP contribution in [0.15, 0.2) is 41.5 Å². The van der Waals surface area contributed by atoms with Gasteiger partial charge in [0.2, 0.25) is 0 Å². The van der Waals surface area contributed by atoms with Crippen LogP contribution < -0.4 is 14.9 Å². The van der Waals surface area contributed by atoms with Crippen molar-refractivity contribution in [1.82, 2.24) is 5.43 Å². The Morgan fingerprint density at radius 1 is 1.00 bits per heavy atom. The van der Waals surface area contributed by atoms with Gasteiger partial charge >= 0.3 is 0 Å². The van der Waals surface area contributed by atoms with Crippen molar-refractivity contribution in [2.75, 3.05) is 20.8 Å². The van der Waals surface area contributed by atoms with E-state index in [4.69, 9.17) is 14.6 Å². The fourth-order valence-corrected chi connectivity index (χ4v) is 1.75. The summed E-state index contributed by atoms with van der Waals surface area (Å²) in [6.45, 7) is 2.75. The van der Waals surface area contributed by atoms with Gasteiger partial charge in [0.15, 0.2) is 23.0 Å². The SMILES string of the molecule is CCN/N=C/c1ccc(O)c(OC)c1.COc1cc(C=O)ccc1O. The molecule has 2 rings (SSSR count). The summed E-state index contributed by atoms with van der Waals surface area (Å²) in [4.78, 5) is 10.2. The predicted octanol–water partition coefficient (Wildman–Crippen LogP) is 2.56. The molecule has 0 bridgehead atoms. The molecule has 7 nitrogen and oxygen atoms in total. The Morgan fingerprint density at radius 3 is 2.00 bits per heavy atom. The van der Waals surface area contributed by atoms with E-state index in [1.165, 1.54) is 32.4 Å². The third-order valence-electron chi connectivity index (χ3n) is 3.01. The first-order valence-electron chi connectivity index (χ1n) is 7.50. The molecule has 0 radical (unpaired) electrons. The number of benzene rings is 2. The number of hydrogen-bond acceptors (Lipinski definition) is 7. The van der Waals surface area contributed by atoms with Crippen LogP contribution in [0.4, 0.5) is 0 Å². The summed E-state index contributed by atoms with van der Waals surface area (Å²) in [6.07, 6.45) is 2.37. The van der Waals surface area contributed by atoms with Crippen LogP contribution in [0.3, 0.4) is 0 Å². The van der Waals surface area contributed by atoms with E-state index in [1.54, 1.807) is 24.4 Å². The smallest absolute Gasteiger partial charge is 0.161 e. The van der Waals surface area contributed by atoms with Crippen LogP contribution in [0.1, 0.15) is 22.8 Å². The molecule has 3 N–H and O–H groups in total. The Labute approximate surface area is 146 Å². The van der Waals surface area contributed by atoms with E-state index >= 15 is 0 Å². The van der Waals surface area contributed by atoms with E-state index in [0.29, 0.717) is 23.3 Å². The minimum Gasteiger partial charge on any atom is -0.504 e. The minimum absolute atomic E-state index is 0.0399. The molecule has 0 unspecified atom stereocenters. The molecule has 25 heavy (non-hydrogen) atoms. The Kier molecular flexibility index (Phi) is 8.35. The fraction of sp³-hybridized carbons (Fsp3) is 0.222. The molecule has 0 heterocycles. The normalized spacial score (nSPS) is 9.88. The average Bonchev–Trinajstić information content (AvgIpc) is 2.64. The second kappa shape index (κ2) is 10.5. The van der Waals surface area contributed by atoms with Gasteiger partial charge in [-0.15, -0.1) is 0 Å². The summed E-state index contributed by atoms with van der Waals surface area (Å²) in [7, 11) is 2.95. The number of phenols is 2. The van der Waals surface area contributed by atoms with Crippen molar-refractivity contribution >= 4 is 12.5 Å². The predicted molar refractivity (Wildman–Crippen MR) is 96.0 cm³/mol. The number of hydrazone groups is 1. The van der Waals surface area contributed by atoms with Crippen LogP contribution in [-0.2, 0) is 0 Å². The summed E-state index contributed by atoms with van der Waals surface area (Å²) >= 11 is 0. The molecular formula is C18H22N2O5. The Hall–Kier alpha value is -3.22. The van der Waals surface area contributed by atoms with Crippen LogP contribution in [0, 0.1) is 0 Å². The van der Waals surface area contributed by atoms with Gasteiger partial charge in [-0.05, 0) is 48.9 Å². The van der Waals surface area contributed by atoms with Crippen LogP contribution in [0.2, 0.25) is 0 Å². The van der Waals surface area contributed by atoms with Gasteiger partial charge in [0, 0.05) is 12.1 Å². The minimum atomic E-state index is 0.0399. The number of methoxy groups -OCH3 is 2. The Bertz CT molecular complexity index is 717. The zero-order valence-electron chi connectivity index (χ0n) is 14.4. The molecule has 0 saturated heterocycles. The van der Waals surface area contributed by atoms with Crippen molar-refractivity contribution in [3.8, 4) is 23.0 Å². The van der Waals surface area contributed by atoms with E-state index in [9.17, 15) is 9.90 Å². The lowest BCUT2D eigenvalue weighted by Crippen LogP contribution is -2.03. The molecule has 134 valence electrons. The zero-order valence-corrected chi connectivity index (χ0v) is 14.4. The molecule has 0 aliphatic heterocycles. The van der Waals surface area contributed by atoms with Gasteiger partial charge in [0.25, 0.3) is 0 Å². The van der Waals surface area contributed by atoms with E-state index in [-0.39, 0.29) is 11.5 Å². The Balaban J connectivity index is 0.000000257. The molecular weight excluding hydrogens is 324 g/mol. The first-order valence-corrected chi connectivity index (χ1v) is 7.50. The van der Waals surface area contributed by atoms with E-state index in [1.807, 2.05) is 6.92 Å². The molecule has 0 atom stereocenters. The molecule has 0 fully saturated rings. The highest BCUT2D eigenvalue weighted by molar-refractivity contribution is 5.80. The molecule has 0 amide bonds. The molecule has 7 heteroatoms. The highest BCUT2D eigenvalue weighted by Gasteiger charge is 2.01. The monoisotopic (exact) mass is 346 g/mol. The number of nitrogens with zero attached hydrogens (tertiary/aromatic N) is 1. The number of aldehydes is 1. The number of aromatic hydroxyl groups is 2. The molecule has 0 saturated carbocycles. The quantitative estimate of drug-likeness (QED) is 0.422. The number of nitrogens with one attached hydrogen (secondary N) is 1. The highest BCUT2D eigenvalue weighted by atomic mass is 16.5. The van der Waals surface area contributed by atoms with Crippen molar-refractivity contribution in [2.24, 2.45) is 5.10 Å².